The maximum Gasteiger partial charge on any atom is 0.251 e. The van der Waals surface area contributed by atoms with Crippen LogP contribution >= 0.6 is 11.6 Å². The van der Waals surface area contributed by atoms with Crippen LogP contribution in [0.1, 0.15) is 22.8 Å². The van der Waals surface area contributed by atoms with Crippen LogP contribution in [0, 0.1) is 0 Å². The van der Waals surface area contributed by atoms with Crippen LogP contribution < -0.4 is 10.6 Å². The highest BCUT2D eigenvalue weighted by Crippen LogP contribution is 2.11. The highest BCUT2D eigenvalue weighted by Gasteiger charge is 2.16. The summed E-state index contributed by atoms with van der Waals surface area (Å²) in [7, 11) is 0. The highest BCUT2D eigenvalue weighted by atomic mass is 35.5. The van der Waals surface area contributed by atoms with Crippen LogP contribution in [0.25, 0.3) is 0 Å². The van der Waals surface area contributed by atoms with Crippen molar-refractivity contribution in [1.29, 1.82) is 0 Å². The molecule has 0 heterocycles. The topological polar surface area (TPSA) is 78.4 Å². The minimum absolute atomic E-state index is 0.0828. The second-order valence-electron chi connectivity index (χ2n) is 5.36. The average Bonchev–Trinajstić information content (AvgIpc) is 2.57. The Morgan fingerprint density at radius 2 is 1.71 bits per heavy atom. The maximum atomic E-state index is 12.2. The molecular formula is C18H19ClN2O3. The zero-order valence-corrected chi connectivity index (χ0v) is 14.0. The fraction of sp³-hybridized carbons (Fsp3) is 0.222. The first kappa shape index (κ1) is 18.0. The van der Waals surface area contributed by atoms with Crippen molar-refractivity contribution in [3.63, 3.8) is 0 Å². The first-order valence-corrected chi connectivity index (χ1v) is 7.94. The van der Waals surface area contributed by atoms with Crippen molar-refractivity contribution in [2.75, 3.05) is 11.9 Å². The first-order chi connectivity index (χ1) is 11.5. The standard InChI is InChI=1S/C18H19ClN2O3/c1-12(20-18(24)14-4-6-15(19)7-5-14)17(23)21-16-8-2-13(3-9-16)10-11-22/h2-9,12,22H,10-11H2,1H3,(H,20,24)(H,21,23). The largest absolute Gasteiger partial charge is 0.396 e. The summed E-state index contributed by atoms with van der Waals surface area (Å²) in [5, 5.41) is 14.8. The summed E-state index contributed by atoms with van der Waals surface area (Å²) in [6.45, 7) is 1.70. The van der Waals surface area contributed by atoms with Gasteiger partial charge >= 0.3 is 0 Å². The number of nitrogens with one attached hydrogen (secondary N) is 2. The van der Waals surface area contributed by atoms with Crippen LogP contribution in [-0.4, -0.2) is 29.6 Å². The predicted octanol–water partition coefficient (Wildman–Crippen LogP) is 2.63. The Hall–Kier alpha value is -2.37. The summed E-state index contributed by atoms with van der Waals surface area (Å²) in [5.74, 6) is -0.653. The molecule has 0 aliphatic carbocycles. The lowest BCUT2D eigenvalue weighted by atomic mass is 10.1. The number of hydrogen-bond acceptors (Lipinski definition) is 3. The Morgan fingerprint density at radius 1 is 1.08 bits per heavy atom. The van der Waals surface area contributed by atoms with E-state index in [9.17, 15) is 9.59 Å². The van der Waals surface area contributed by atoms with Gasteiger partial charge < -0.3 is 15.7 Å². The molecular weight excluding hydrogens is 328 g/mol. The monoisotopic (exact) mass is 346 g/mol. The number of hydrogen-bond donors (Lipinski definition) is 3. The third-order valence-electron chi connectivity index (χ3n) is 3.47. The van der Waals surface area contributed by atoms with Crippen LogP contribution in [-0.2, 0) is 11.2 Å². The minimum atomic E-state index is -0.690. The molecule has 2 aromatic carbocycles. The Balaban J connectivity index is 1.91. The summed E-state index contributed by atoms with van der Waals surface area (Å²) in [6.07, 6.45) is 0.571. The van der Waals surface area contributed by atoms with E-state index in [1.807, 2.05) is 12.1 Å². The fourth-order valence-electron chi connectivity index (χ4n) is 2.08. The third kappa shape index (κ3) is 5.08. The van der Waals surface area contributed by atoms with E-state index in [2.05, 4.69) is 10.6 Å². The quantitative estimate of drug-likeness (QED) is 0.752. The van der Waals surface area contributed by atoms with E-state index in [1.165, 1.54) is 0 Å². The average molecular weight is 347 g/mol. The molecule has 0 saturated carbocycles. The van der Waals surface area contributed by atoms with Crippen molar-refractivity contribution in [2.45, 2.75) is 19.4 Å². The van der Waals surface area contributed by atoms with Gasteiger partial charge in [-0.2, -0.15) is 0 Å². The number of aliphatic hydroxyl groups is 1. The predicted molar refractivity (Wildman–Crippen MR) is 94.2 cm³/mol. The molecule has 2 amide bonds. The number of anilines is 1. The summed E-state index contributed by atoms with van der Waals surface area (Å²) >= 11 is 5.78. The van der Waals surface area contributed by atoms with E-state index in [1.54, 1.807) is 43.3 Å². The number of rotatable bonds is 6. The van der Waals surface area contributed by atoms with Gasteiger partial charge in [0.25, 0.3) is 5.91 Å². The molecule has 5 nitrogen and oxygen atoms in total. The molecule has 6 heteroatoms. The molecule has 24 heavy (non-hydrogen) atoms. The van der Waals surface area contributed by atoms with Gasteiger partial charge in [0.05, 0.1) is 0 Å². The molecule has 0 aliphatic rings. The highest BCUT2D eigenvalue weighted by molar-refractivity contribution is 6.30. The number of halogens is 1. The fourth-order valence-corrected chi connectivity index (χ4v) is 2.21. The van der Waals surface area contributed by atoms with E-state index in [0.717, 1.165) is 5.56 Å². The summed E-state index contributed by atoms with van der Waals surface area (Å²) in [4.78, 5) is 24.2. The van der Waals surface area contributed by atoms with E-state index in [0.29, 0.717) is 22.7 Å². The number of carbonyl (C=O) groups is 2. The van der Waals surface area contributed by atoms with Crippen LogP contribution in [0.3, 0.4) is 0 Å². The van der Waals surface area contributed by atoms with Gasteiger partial charge in [-0.1, -0.05) is 23.7 Å². The van der Waals surface area contributed by atoms with Crippen LogP contribution in [0.2, 0.25) is 5.02 Å². The van der Waals surface area contributed by atoms with Crippen molar-refractivity contribution in [3.8, 4) is 0 Å². The Bertz CT molecular complexity index is 699. The van der Waals surface area contributed by atoms with Gasteiger partial charge in [-0.15, -0.1) is 0 Å². The van der Waals surface area contributed by atoms with Crippen molar-refractivity contribution in [1.82, 2.24) is 5.32 Å². The number of benzene rings is 2. The molecule has 3 N–H and O–H groups in total. The summed E-state index contributed by atoms with van der Waals surface area (Å²) < 4.78 is 0. The van der Waals surface area contributed by atoms with Gasteiger partial charge in [-0.05, 0) is 55.3 Å². The molecule has 0 bridgehead atoms. The molecule has 0 spiro atoms. The molecule has 0 aliphatic heterocycles. The lowest BCUT2D eigenvalue weighted by molar-refractivity contribution is -0.117. The number of aliphatic hydroxyl groups excluding tert-OH is 1. The van der Waals surface area contributed by atoms with E-state index in [-0.39, 0.29) is 18.4 Å². The third-order valence-corrected chi connectivity index (χ3v) is 3.72. The molecule has 2 rings (SSSR count). The zero-order chi connectivity index (χ0) is 17.5. The molecule has 1 unspecified atom stereocenters. The maximum absolute atomic E-state index is 12.2. The molecule has 2 aromatic rings. The molecule has 0 fully saturated rings. The second-order valence-corrected chi connectivity index (χ2v) is 5.80. The minimum Gasteiger partial charge on any atom is -0.396 e. The van der Waals surface area contributed by atoms with E-state index < -0.39 is 6.04 Å². The van der Waals surface area contributed by atoms with Gasteiger partial charge in [0, 0.05) is 22.9 Å². The molecule has 0 aromatic heterocycles. The van der Waals surface area contributed by atoms with Gasteiger partial charge in [-0.25, -0.2) is 0 Å². The van der Waals surface area contributed by atoms with Crippen LogP contribution in [0.5, 0.6) is 0 Å². The Morgan fingerprint density at radius 3 is 2.29 bits per heavy atom. The summed E-state index contributed by atoms with van der Waals surface area (Å²) in [5.41, 5.74) is 2.06. The van der Waals surface area contributed by atoms with Gasteiger partial charge in [0.1, 0.15) is 6.04 Å². The van der Waals surface area contributed by atoms with Crippen molar-refractivity contribution in [3.05, 3.63) is 64.7 Å². The number of amides is 2. The van der Waals surface area contributed by atoms with Crippen LogP contribution in [0.4, 0.5) is 5.69 Å². The first-order valence-electron chi connectivity index (χ1n) is 7.56. The van der Waals surface area contributed by atoms with Crippen molar-refractivity contribution < 1.29 is 14.7 Å². The molecule has 0 saturated heterocycles. The zero-order valence-electron chi connectivity index (χ0n) is 13.3. The second kappa shape index (κ2) is 8.47. The smallest absolute Gasteiger partial charge is 0.251 e. The summed E-state index contributed by atoms with van der Waals surface area (Å²) in [6, 6.07) is 12.9. The van der Waals surface area contributed by atoms with Crippen molar-refractivity contribution >= 4 is 29.1 Å². The van der Waals surface area contributed by atoms with Crippen molar-refractivity contribution in [2.24, 2.45) is 0 Å². The van der Waals surface area contributed by atoms with E-state index in [4.69, 9.17) is 16.7 Å². The number of carbonyl (C=O) groups excluding carboxylic acids is 2. The van der Waals surface area contributed by atoms with Gasteiger partial charge in [-0.3, -0.25) is 9.59 Å². The van der Waals surface area contributed by atoms with E-state index >= 15 is 0 Å². The Kier molecular flexibility index (Phi) is 6.35. The molecule has 0 radical (unpaired) electrons. The lowest BCUT2D eigenvalue weighted by Gasteiger charge is -2.14. The Labute approximate surface area is 145 Å². The van der Waals surface area contributed by atoms with Gasteiger partial charge in [0.15, 0.2) is 0 Å². The van der Waals surface area contributed by atoms with Gasteiger partial charge in [0.2, 0.25) is 5.91 Å². The lowest BCUT2D eigenvalue weighted by Crippen LogP contribution is -2.41. The molecule has 1 atom stereocenters. The molecule has 126 valence electrons. The van der Waals surface area contributed by atoms with Crippen LogP contribution in [0.15, 0.2) is 48.5 Å². The SMILES string of the molecule is CC(NC(=O)c1ccc(Cl)cc1)C(=O)Nc1ccc(CCO)cc1. The normalized spacial score (nSPS) is 11.6.